The van der Waals surface area contributed by atoms with Gasteiger partial charge in [0.1, 0.15) is 18.2 Å². The molecule has 120 valence electrons. The van der Waals surface area contributed by atoms with Gasteiger partial charge in [-0.3, -0.25) is 4.79 Å². The second-order valence-electron chi connectivity index (χ2n) is 6.39. The van der Waals surface area contributed by atoms with Crippen molar-refractivity contribution in [1.82, 2.24) is 4.90 Å². The Bertz CT molecular complexity index is 561. The standard InChI is InChI=1S/C17H22FNO3/c1-11(20)12-3-2-6-19(9-12)17(21)14-7-13-8-15(18)4-5-16(13)22-10-14/h4-5,8,11-12,14,20H,2-3,6-7,9-10H2,1H3. The zero-order chi connectivity index (χ0) is 15.7. The van der Waals surface area contributed by atoms with E-state index < -0.39 is 6.10 Å². The van der Waals surface area contributed by atoms with E-state index in [1.807, 2.05) is 4.90 Å². The van der Waals surface area contributed by atoms with Crippen molar-refractivity contribution in [2.24, 2.45) is 11.8 Å². The second-order valence-corrected chi connectivity index (χ2v) is 6.39. The molecular weight excluding hydrogens is 285 g/mol. The first-order valence-corrected chi connectivity index (χ1v) is 7.92. The smallest absolute Gasteiger partial charge is 0.229 e. The van der Waals surface area contributed by atoms with Gasteiger partial charge >= 0.3 is 0 Å². The number of aliphatic hydroxyl groups excluding tert-OH is 1. The molecule has 1 fully saturated rings. The van der Waals surface area contributed by atoms with E-state index in [1.54, 1.807) is 13.0 Å². The van der Waals surface area contributed by atoms with E-state index in [2.05, 4.69) is 0 Å². The maximum absolute atomic E-state index is 13.3. The molecule has 0 aromatic heterocycles. The number of piperidine rings is 1. The van der Waals surface area contributed by atoms with Crippen molar-refractivity contribution >= 4 is 5.91 Å². The normalized spacial score (nSPS) is 26.0. The number of carbonyl (C=O) groups excluding carboxylic acids is 1. The molecule has 2 aliphatic rings. The minimum atomic E-state index is -0.395. The third-order valence-electron chi connectivity index (χ3n) is 4.73. The molecule has 4 nitrogen and oxygen atoms in total. The van der Waals surface area contributed by atoms with Gasteiger partial charge in [-0.05, 0) is 49.9 Å². The molecule has 0 bridgehead atoms. The number of rotatable bonds is 2. The van der Waals surface area contributed by atoms with Crippen molar-refractivity contribution in [2.75, 3.05) is 19.7 Å². The SMILES string of the molecule is CC(O)C1CCCN(C(=O)C2COc3ccc(F)cc3C2)C1. The van der Waals surface area contributed by atoms with Crippen LogP contribution in [0.2, 0.25) is 0 Å². The van der Waals surface area contributed by atoms with Gasteiger partial charge < -0.3 is 14.7 Å². The van der Waals surface area contributed by atoms with E-state index in [0.717, 1.165) is 24.9 Å². The van der Waals surface area contributed by atoms with Crippen LogP contribution >= 0.6 is 0 Å². The first-order chi connectivity index (χ1) is 10.5. The average Bonchev–Trinajstić information content (AvgIpc) is 2.53. The van der Waals surface area contributed by atoms with E-state index in [0.29, 0.717) is 25.3 Å². The fourth-order valence-electron chi connectivity index (χ4n) is 3.38. The lowest BCUT2D eigenvalue weighted by Gasteiger charge is -2.37. The van der Waals surface area contributed by atoms with Crippen LogP contribution in [-0.2, 0) is 11.2 Å². The van der Waals surface area contributed by atoms with Crippen LogP contribution in [0.4, 0.5) is 4.39 Å². The third kappa shape index (κ3) is 3.09. The summed E-state index contributed by atoms with van der Waals surface area (Å²) in [5, 5.41) is 9.74. The van der Waals surface area contributed by atoms with Gasteiger partial charge in [0.25, 0.3) is 0 Å². The predicted molar refractivity (Wildman–Crippen MR) is 80.1 cm³/mol. The minimum Gasteiger partial charge on any atom is -0.492 e. The van der Waals surface area contributed by atoms with Crippen LogP contribution in [0.25, 0.3) is 0 Å². The molecule has 0 aliphatic carbocycles. The Balaban J connectivity index is 1.68. The summed E-state index contributed by atoms with van der Waals surface area (Å²) in [6.07, 6.45) is 1.99. The lowest BCUT2D eigenvalue weighted by atomic mass is 9.90. The topological polar surface area (TPSA) is 49.8 Å². The molecule has 1 aromatic carbocycles. The fraction of sp³-hybridized carbons (Fsp3) is 0.588. The summed E-state index contributed by atoms with van der Waals surface area (Å²) >= 11 is 0. The van der Waals surface area contributed by atoms with Gasteiger partial charge in [0.05, 0.1) is 12.0 Å². The first-order valence-electron chi connectivity index (χ1n) is 7.92. The van der Waals surface area contributed by atoms with Gasteiger partial charge in [0, 0.05) is 19.0 Å². The van der Waals surface area contributed by atoms with Crippen molar-refractivity contribution < 1.29 is 19.0 Å². The Morgan fingerprint density at radius 2 is 2.32 bits per heavy atom. The average molecular weight is 307 g/mol. The molecule has 1 saturated heterocycles. The van der Waals surface area contributed by atoms with Gasteiger partial charge in [-0.1, -0.05) is 0 Å². The Labute approximate surface area is 129 Å². The molecular formula is C17H22FNO3. The number of likely N-dealkylation sites (tertiary alicyclic amines) is 1. The quantitative estimate of drug-likeness (QED) is 0.909. The number of halogens is 1. The number of ether oxygens (including phenoxy) is 1. The van der Waals surface area contributed by atoms with Crippen LogP contribution in [-0.4, -0.2) is 41.7 Å². The zero-order valence-corrected chi connectivity index (χ0v) is 12.8. The molecule has 2 aliphatic heterocycles. The van der Waals surface area contributed by atoms with Gasteiger partial charge in [0.15, 0.2) is 0 Å². The molecule has 1 N–H and O–H groups in total. The van der Waals surface area contributed by atoms with Crippen LogP contribution in [0.15, 0.2) is 18.2 Å². The van der Waals surface area contributed by atoms with E-state index in [-0.39, 0.29) is 23.6 Å². The fourth-order valence-corrected chi connectivity index (χ4v) is 3.38. The lowest BCUT2D eigenvalue weighted by Crippen LogP contribution is -2.47. The van der Waals surface area contributed by atoms with Crippen LogP contribution in [0.1, 0.15) is 25.3 Å². The largest absolute Gasteiger partial charge is 0.492 e. The van der Waals surface area contributed by atoms with E-state index in [1.165, 1.54) is 12.1 Å². The van der Waals surface area contributed by atoms with Gasteiger partial charge in [0.2, 0.25) is 5.91 Å². The Morgan fingerprint density at radius 3 is 3.09 bits per heavy atom. The summed E-state index contributed by atoms with van der Waals surface area (Å²) in [4.78, 5) is 14.5. The molecule has 2 heterocycles. The maximum Gasteiger partial charge on any atom is 0.229 e. The van der Waals surface area contributed by atoms with Crippen molar-refractivity contribution in [2.45, 2.75) is 32.3 Å². The molecule has 0 radical (unpaired) electrons. The molecule has 3 atom stereocenters. The van der Waals surface area contributed by atoms with Gasteiger partial charge in [-0.15, -0.1) is 0 Å². The van der Waals surface area contributed by atoms with Crippen LogP contribution < -0.4 is 4.74 Å². The molecule has 0 spiro atoms. The van der Waals surface area contributed by atoms with Crippen molar-refractivity contribution in [3.05, 3.63) is 29.6 Å². The van der Waals surface area contributed by atoms with Crippen molar-refractivity contribution in [3.8, 4) is 5.75 Å². The van der Waals surface area contributed by atoms with Crippen LogP contribution in [0.5, 0.6) is 5.75 Å². The highest BCUT2D eigenvalue weighted by atomic mass is 19.1. The molecule has 3 unspecified atom stereocenters. The number of amides is 1. The van der Waals surface area contributed by atoms with Crippen molar-refractivity contribution in [3.63, 3.8) is 0 Å². The number of aliphatic hydroxyl groups is 1. The highest BCUT2D eigenvalue weighted by Gasteiger charge is 2.33. The van der Waals surface area contributed by atoms with E-state index in [9.17, 15) is 14.3 Å². The summed E-state index contributed by atoms with van der Waals surface area (Å²) in [5.74, 6) is 0.308. The monoisotopic (exact) mass is 307 g/mol. The third-order valence-corrected chi connectivity index (χ3v) is 4.73. The number of hydrogen-bond donors (Lipinski definition) is 1. The van der Waals surface area contributed by atoms with E-state index in [4.69, 9.17) is 4.74 Å². The van der Waals surface area contributed by atoms with Gasteiger partial charge in [-0.25, -0.2) is 4.39 Å². The van der Waals surface area contributed by atoms with E-state index >= 15 is 0 Å². The number of fused-ring (bicyclic) bond motifs is 1. The minimum absolute atomic E-state index is 0.0558. The molecule has 0 saturated carbocycles. The lowest BCUT2D eigenvalue weighted by molar-refractivity contribution is -0.139. The molecule has 5 heteroatoms. The van der Waals surface area contributed by atoms with Crippen LogP contribution in [0, 0.1) is 17.7 Å². The number of nitrogens with zero attached hydrogens (tertiary/aromatic N) is 1. The molecule has 22 heavy (non-hydrogen) atoms. The Kier molecular flexibility index (Phi) is 4.34. The Morgan fingerprint density at radius 1 is 1.50 bits per heavy atom. The zero-order valence-electron chi connectivity index (χ0n) is 12.8. The predicted octanol–water partition coefficient (Wildman–Crippen LogP) is 2.00. The van der Waals surface area contributed by atoms with Crippen LogP contribution in [0.3, 0.4) is 0 Å². The summed E-state index contributed by atoms with van der Waals surface area (Å²) < 4.78 is 19.0. The molecule has 1 aromatic rings. The van der Waals surface area contributed by atoms with Gasteiger partial charge in [-0.2, -0.15) is 0 Å². The summed E-state index contributed by atoms with van der Waals surface area (Å²) in [7, 11) is 0. The highest BCUT2D eigenvalue weighted by molar-refractivity contribution is 5.80. The highest BCUT2D eigenvalue weighted by Crippen LogP contribution is 2.30. The summed E-state index contributed by atoms with van der Waals surface area (Å²) in [5.41, 5.74) is 0.758. The second kappa shape index (κ2) is 6.24. The molecule has 1 amide bonds. The summed E-state index contributed by atoms with van der Waals surface area (Å²) in [6, 6.07) is 4.44. The maximum atomic E-state index is 13.3. The number of benzene rings is 1. The van der Waals surface area contributed by atoms with Crippen molar-refractivity contribution in [1.29, 1.82) is 0 Å². The summed E-state index contributed by atoms with van der Waals surface area (Å²) in [6.45, 7) is 3.45. The Hall–Kier alpha value is -1.62. The molecule has 3 rings (SSSR count). The number of carbonyl (C=O) groups is 1. The first kappa shape index (κ1) is 15.3. The number of hydrogen-bond acceptors (Lipinski definition) is 3.